The van der Waals surface area contributed by atoms with Crippen LogP contribution in [-0.2, 0) is 11.3 Å². The van der Waals surface area contributed by atoms with Crippen LogP contribution in [0.1, 0.15) is 60.9 Å². The molecule has 1 aliphatic heterocycles. The maximum Gasteiger partial charge on any atom is 0.236 e. The Kier molecular flexibility index (Phi) is 4.33. The third-order valence-electron chi connectivity index (χ3n) is 5.00. The quantitative estimate of drug-likeness (QED) is 0.802. The van der Waals surface area contributed by atoms with Gasteiger partial charge in [0.2, 0.25) is 11.8 Å². The Hall–Kier alpha value is -2.15. The lowest BCUT2D eigenvalue weighted by Crippen LogP contribution is -2.38. The Morgan fingerprint density at radius 2 is 2.20 bits per heavy atom. The third-order valence-corrected chi connectivity index (χ3v) is 5.00. The summed E-state index contributed by atoms with van der Waals surface area (Å²) in [6.45, 7) is 3.64. The van der Waals surface area contributed by atoms with Gasteiger partial charge in [0.05, 0.1) is 19.1 Å². The van der Waals surface area contributed by atoms with Crippen LogP contribution in [0, 0.1) is 6.92 Å². The number of rotatable bonds is 6. The number of nitrogens with zero attached hydrogens (tertiary/aromatic N) is 4. The van der Waals surface area contributed by atoms with Crippen molar-refractivity contribution in [1.82, 2.24) is 19.9 Å². The fourth-order valence-electron chi connectivity index (χ4n) is 3.37. The van der Waals surface area contributed by atoms with E-state index in [9.17, 15) is 4.79 Å². The Labute approximate surface area is 147 Å². The summed E-state index contributed by atoms with van der Waals surface area (Å²) in [5.74, 6) is 3.69. The van der Waals surface area contributed by atoms with Crippen molar-refractivity contribution in [1.29, 1.82) is 0 Å². The normalized spacial score (nSPS) is 21.0. The second-order valence-corrected chi connectivity index (χ2v) is 7.16. The zero-order valence-corrected chi connectivity index (χ0v) is 14.8. The molecule has 0 bridgehead atoms. The van der Waals surface area contributed by atoms with Crippen LogP contribution in [0.15, 0.2) is 21.1 Å². The summed E-state index contributed by atoms with van der Waals surface area (Å²) in [5, 5.41) is 4.16. The summed E-state index contributed by atoms with van der Waals surface area (Å²) in [7, 11) is 1.81. The van der Waals surface area contributed by atoms with E-state index in [2.05, 4.69) is 15.0 Å². The molecule has 0 N–H and O–H groups in total. The highest BCUT2D eigenvalue weighted by molar-refractivity contribution is 5.78. The number of furan rings is 1. The summed E-state index contributed by atoms with van der Waals surface area (Å²) in [5.41, 5.74) is 0. The molecule has 2 aliphatic rings. The average Bonchev–Trinajstić information content (AvgIpc) is 2.97. The first-order valence-electron chi connectivity index (χ1n) is 8.97. The Morgan fingerprint density at radius 3 is 2.92 bits per heavy atom. The van der Waals surface area contributed by atoms with Crippen molar-refractivity contribution < 1.29 is 13.7 Å². The van der Waals surface area contributed by atoms with E-state index in [0.29, 0.717) is 19.0 Å². The minimum Gasteiger partial charge on any atom is -0.464 e. The minimum atomic E-state index is 0.0758. The summed E-state index contributed by atoms with van der Waals surface area (Å²) in [4.78, 5) is 21.0. The predicted molar refractivity (Wildman–Crippen MR) is 89.7 cm³/mol. The van der Waals surface area contributed by atoms with E-state index in [0.717, 1.165) is 55.5 Å². The van der Waals surface area contributed by atoms with Crippen LogP contribution in [0.5, 0.6) is 0 Å². The highest BCUT2D eigenvalue weighted by Gasteiger charge is 2.35. The molecule has 1 saturated heterocycles. The molecule has 1 amide bonds. The number of likely N-dealkylation sites (N-methyl/N-ethyl adjacent to an activating group) is 1. The molecule has 4 rings (SSSR count). The van der Waals surface area contributed by atoms with Crippen molar-refractivity contribution in [3.05, 3.63) is 35.4 Å². The maximum absolute atomic E-state index is 12.6. The van der Waals surface area contributed by atoms with Gasteiger partial charge < -0.3 is 13.8 Å². The SMILES string of the molecule is Cc1ccc(CN(C)C(=O)CN2CCC[C@H]2c2noc(C3CC3)n2)o1. The molecule has 25 heavy (non-hydrogen) atoms. The first-order chi connectivity index (χ1) is 12.1. The van der Waals surface area contributed by atoms with Crippen molar-refractivity contribution in [3.8, 4) is 0 Å². The molecule has 0 spiro atoms. The molecule has 1 saturated carbocycles. The fraction of sp³-hybridized carbons (Fsp3) is 0.611. The van der Waals surface area contributed by atoms with E-state index >= 15 is 0 Å². The van der Waals surface area contributed by atoms with E-state index in [-0.39, 0.29) is 11.9 Å². The van der Waals surface area contributed by atoms with Crippen LogP contribution in [0.3, 0.4) is 0 Å². The lowest BCUT2D eigenvalue weighted by atomic mass is 10.2. The molecule has 0 aromatic carbocycles. The van der Waals surface area contributed by atoms with Crippen LogP contribution in [-0.4, -0.2) is 46.0 Å². The molecule has 7 nitrogen and oxygen atoms in total. The van der Waals surface area contributed by atoms with E-state index < -0.39 is 0 Å². The van der Waals surface area contributed by atoms with Crippen molar-refractivity contribution >= 4 is 5.91 Å². The van der Waals surface area contributed by atoms with Gasteiger partial charge in [-0.2, -0.15) is 4.98 Å². The first-order valence-corrected chi connectivity index (χ1v) is 8.97. The largest absolute Gasteiger partial charge is 0.464 e. The Bertz CT molecular complexity index is 749. The minimum absolute atomic E-state index is 0.0758. The van der Waals surface area contributed by atoms with Gasteiger partial charge in [-0.15, -0.1) is 0 Å². The van der Waals surface area contributed by atoms with Crippen LogP contribution >= 0.6 is 0 Å². The van der Waals surface area contributed by atoms with E-state index in [1.165, 1.54) is 0 Å². The number of amides is 1. The fourth-order valence-corrected chi connectivity index (χ4v) is 3.37. The topological polar surface area (TPSA) is 75.6 Å². The number of hydrogen-bond donors (Lipinski definition) is 0. The number of carbonyl (C=O) groups is 1. The number of hydrogen-bond acceptors (Lipinski definition) is 6. The van der Waals surface area contributed by atoms with E-state index in [1.54, 1.807) is 4.90 Å². The lowest BCUT2D eigenvalue weighted by molar-refractivity contribution is -0.132. The molecule has 0 radical (unpaired) electrons. The number of carbonyl (C=O) groups excluding carboxylic acids is 1. The summed E-state index contributed by atoms with van der Waals surface area (Å²) in [6, 6.07) is 3.91. The predicted octanol–water partition coefficient (Wildman–Crippen LogP) is 2.64. The number of aromatic nitrogens is 2. The molecule has 2 aromatic heterocycles. The smallest absolute Gasteiger partial charge is 0.236 e. The Morgan fingerprint density at radius 1 is 1.36 bits per heavy atom. The van der Waals surface area contributed by atoms with Crippen molar-refractivity contribution in [2.24, 2.45) is 0 Å². The van der Waals surface area contributed by atoms with E-state index in [1.807, 2.05) is 26.1 Å². The molecule has 1 atom stereocenters. The summed E-state index contributed by atoms with van der Waals surface area (Å²) in [6.07, 6.45) is 4.31. The molecule has 1 aliphatic carbocycles. The van der Waals surface area contributed by atoms with Gasteiger partial charge in [0.1, 0.15) is 11.5 Å². The highest BCUT2D eigenvalue weighted by atomic mass is 16.5. The van der Waals surface area contributed by atoms with Gasteiger partial charge in [-0.1, -0.05) is 5.16 Å². The number of aryl methyl sites for hydroxylation is 1. The standard InChI is InChI=1S/C18H24N4O3/c1-12-5-8-14(24-12)10-21(2)16(23)11-22-9-3-4-15(22)17-19-18(25-20-17)13-6-7-13/h5,8,13,15H,3-4,6-7,9-11H2,1-2H3/t15-/m0/s1. The van der Waals surface area contributed by atoms with Crippen LogP contribution in [0.2, 0.25) is 0 Å². The van der Waals surface area contributed by atoms with E-state index in [4.69, 9.17) is 8.94 Å². The molecule has 134 valence electrons. The maximum atomic E-state index is 12.6. The van der Waals surface area contributed by atoms with Gasteiger partial charge in [0.25, 0.3) is 0 Å². The van der Waals surface area contributed by atoms with Gasteiger partial charge in [0, 0.05) is 13.0 Å². The zero-order valence-electron chi connectivity index (χ0n) is 14.8. The molecule has 0 unspecified atom stereocenters. The number of likely N-dealkylation sites (tertiary alicyclic amines) is 1. The average molecular weight is 344 g/mol. The van der Waals surface area contributed by atoms with Gasteiger partial charge in [-0.05, 0) is 51.3 Å². The van der Waals surface area contributed by atoms with Crippen LogP contribution in [0.4, 0.5) is 0 Å². The van der Waals surface area contributed by atoms with Gasteiger partial charge in [0.15, 0.2) is 5.82 Å². The van der Waals surface area contributed by atoms with Gasteiger partial charge in [-0.25, -0.2) is 0 Å². The molecule has 7 heteroatoms. The van der Waals surface area contributed by atoms with Gasteiger partial charge >= 0.3 is 0 Å². The third kappa shape index (κ3) is 3.61. The van der Waals surface area contributed by atoms with Crippen molar-refractivity contribution in [2.45, 2.75) is 51.1 Å². The second kappa shape index (κ2) is 6.63. The molecule has 2 aromatic rings. The summed E-state index contributed by atoms with van der Waals surface area (Å²) < 4.78 is 10.9. The van der Waals surface area contributed by atoms with Crippen LogP contribution < -0.4 is 0 Å². The van der Waals surface area contributed by atoms with Gasteiger partial charge in [-0.3, -0.25) is 9.69 Å². The zero-order chi connectivity index (χ0) is 17.4. The highest BCUT2D eigenvalue weighted by Crippen LogP contribution is 2.40. The first kappa shape index (κ1) is 16.3. The Balaban J connectivity index is 1.37. The second-order valence-electron chi connectivity index (χ2n) is 7.16. The van der Waals surface area contributed by atoms with Crippen molar-refractivity contribution in [3.63, 3.8) is 0 Å². The molecular formula is C18H24N4O3. The molecule has 2 fully saturated rings. The van der Waals surface area contributed by atoms with Crippen molar-refractivity contribution in [2.75, 3.05) is 20.1 Å². The monoisotopic (exact) mass is 344 g/mol. The molecular weight excluding hydrogens is 320 g/mol. The molecule has 3 heterocycles. The lowest BCUT2D eigenvalue weighted by Gasteiger charge is -2.24. The van der Waals surface area contributed by atoms with Crippen LogP contribution in [0.25, 0.3) is 0 Å². The summed E-state index contributed by atoms with van der Waals surface area (Å²) >= 11 is 0.